The van der Waals surface area contributed by atoms with E-state index in [2.05, 4.69) is 26.6 Å². The van der Waals surface area contributed by atoms with E-state index < -0.39 is 29.3 Å². The summed E-state index contributed by atoms with van der Waals surface area (Å²) in [6, 6.07) is 10.7. The van der Waals surface area contributed by atoms with E-state index in [1.165, 1.54) is 24.3 Å². The molecule has 0 aliphatic rings. The summed E-state index contributed by atoms with van der Waals surface area (Å²) < 4.78 is 5.76. The second-order valence-electron chi connectivity index (χ2n) is 6.03. The van der Waals surface area contributed by atoms with E-state index in [9.17, 15) is 24.5 Å². The molecule has 2 amide bonds. The van der Waals surface area contributed by atoms with Gasteiger partial charge in [0, 0.05) is 34.4 Å². The van der Waals surface area contributed by atoms with Crippen molar-refractivity contribution in [1.29, 1.82) is 0 Å². The number of carbonyl (C=O) groups excluding carboxylic acids is 3. The standard InChI is InChI=1S/C19H18BrN3O6/c1-12-9-14(5-6-16(12)20)22-18(25)11-29-19(26)8-7-17(24)21-13-3-2-4-15(10-13)23(27)28/h2-6,9-10H,7-8,11H2,1H3,(H,21,24)(H,22,25). The van der Waals surface area contributed by atoms with Crippen molar-refractivity contribution in [2.75, 3.05) is 17.2 Å². The predicted molar refractivity (Wildman–Crippen MR) is 109 cm³/mol. The number of hydrogen-bond acceptors (Lipinski definition) is 6. The van der Waals surface area contributed by atoms with Gasteiger partial charge in [0.05, 0.1) is 11.3 Å². The lowest BCUT2D eigenvalue weighted by Gasteiger charge is -2.08. The summed E-state index contributed by atoms with van der Waals surface area (Å²) in [7, 11) is 0. The molecule has 0 spiro atoms. The summed E-state index contributed by atoms with van der Waals surface area (Å²) in [5.41, 5.74) is 1.61. The van der Waals surface area contributed by atoms with Gasteiger partial charge in [0.2, 0.25) is 5.91 Å². The Kier molecular flexibility index (Phi) is 7.84. The third-order valence-corrected chi connectivity index (χ3v) is 4.59. The van der Waals surface area contributed by atoms with Gasteiger partial charge in [0.25, 0.3) is 11.6 Å². The minimum absolute atomic E-state index is 0.158. The topological polar surface area (TPSA) is 128 Å². The highest BCUT2D eigenvalue weighted by molar-refractivity contribution is 9.10. The molecule has 0 saturated heterocycles. The number of nitro benzene ring substituents is 1. The largest absolute Gasteiger partial charge is 0.456 e. The molecule has 0 unspecified atom stereocenters. The van der Waals surface area contributed by atoms with Crippen molar-refractivity contribution in [3.63, 3.8) is 0 Å². The number of non-ortho nitro benzene ring substituents is 1. The number of ether oxygens (including phenoxy) is 1. The average Bonchev–Trinajstić information content (AvgIpc) is 2.68. The highest BCUT2D eigenvalue weighted by Gasteiger charge is 2.12. The van der Waals surface area contributed by atoms with Crippen LogP contribution in [0.3, 0.4) is 0 Å². The smallest absolute Gasteiger partial charge is 0.306 e. The van der Waals surface area contributed by atoms with Crippen molar-refractivity contribution in [2.45, 2.75) is 19.8 Å². The van der Waals surface area contributed by atoms with E-state index >= 15 is 0 Å². The molecule has 0 saturated carbocycles. The van der Waals surface area contributed by atoms with Gasteiger partial charge in [0.1, 0.15) is 0 Å². The first kappa shape index (κ1) is 22.0. The summed E-state index contributed by atoms with van der Waals surface area (Å²) in [6.45, 7) is 1.40. The second-order valence-corrected chi connectivity index (χ2v) is 6.88. The first-order valence-corrected chi connectivity index (χ1v) is 9.30. The number of hydrogen-bond donors (Lipinski definition) is 2. The highest BCUT2D eigenvalue weighted by atomic mass is 79.9. The Balaban J connectivity index is 1.72. The van der Waals surface area contributed by atoms with Crippen LogP contribution >= 0.6 is 15.9 Å². The molecule has 0 aliphatic heterocycles. The molecular formula is C19H18BrN3O6. The summed E-state index contributed by atoms with van der Waals surface area (Å²) in [5, 5.41) is 15.8. The molecule has 0 fully saturated rings. The number of amides is 2. The number of nitrogens with zero attached hydrogens (tertiary/aromatic N) is 1. The summed E-state index contributed by atoms with van der Waals surface area (Å²) in [4.78, 5) is 45.6. The Morgan fingerprint density at radius 3 is 2.41 bits per heavy atom. The second kappa shape index (κ2) is 10.3. The van der Waals surface area contributed by atoms with Gasteiger partial charge >= 0.3 is 5.97 Å². The van der Waals surface area contributed by atoms with Gasteiger partial charge in [-0.1, -0.05) is 22.0 Å². The van der Waals surface area contributed by atoms with Crippen LogP contribution in [0.5, 0.6) is 0 Å². The van der Waals surface area contributed by atoms with Gasteiger partial charge in [-0.3, -0.25) is 24.5 Å². The normalized spacial score (nSPS) is 10.1. The van der Waals surface area contributed by atoms with Crippen LogP contribution in [0.2, 0.25) is 0 Å². The number of benzene rings is 2. The maximum atomic E-state index is 11.9. The maximum absolute atomic E-state index is 11.9. The van der Waals surface area contributed by atoms with Crippen LogP contribution in [0.15, 0.2) is 46.9 Å². The number of esters is 1. The van der Waals surface area contributed by atoms with Crippen LogP contribution in [-0.2, 0) is 19.1 Å². The van der Waals surface area contributed by atoms with Crippen LogP contribution in [0.1, 0.15) is 18.4 Å². The molecule has 152 valence electrons. The Morgan fingerprint density at radius 1 is 1.03 bits per heavy atom. The van der Waals surface area contributed by atoms with Crippen LogP contribution in [0, 0.1) is 17.0 Å². The van der Waals surface area contributed by atoms with Gasteiger partial charge in [-0.05, 0) is 36.8 Å². The van der Waals surface area contributed by atoms with Gasteiger partial charge in [-0.15, -0.1) is 0 Å². The summed E-state index contributed by atoms with van der Waals surface area (Å²) >= 11 is 3.36. The molecule has 0 atom stereocenters. The van der Waals surface area contributed by atoms with Gasteiger partial charge in [0.15, 0.2) is 6.61 Å². The fourth-order valence-corrected chi connectivity index (χ4v) is 2.52. The number of anilines is 2. The fraction of sp³-hybridized carbons (Fsp3) is 0.211. The Morgan fingerprint density at radius 2 is 1.72 bits per heavy atom. The average molecular weight is 464 g/mol. The van der Waals surface area contributed by atoms with Crippen molar-refractivity contribution < 1.29 is 24.0 Å². The van der Waals surface area contributed by atoms with Gasteiger partial charge < -0.3 is 15.4 Å². The number of nitro groups is 1. The number of halogens is 1. The molecule has 10 heteroatoms. The predicted octanol–water partition coefficient (Wildman–Crippen LogP) is 3.57. The van der Waals surface area contributed by atoms with Crippen molar-refractivity contribution in [1.82, 2.24) is 0 Å². The van der Waals surface area contributed by atoms with Crippen molar-refractivity contribution in [3.8, 4) is 0 Å². The van der Waals surface area contributed by atoms with Crippen LogP contribution in [-0.4, -0.2) is 29.3 Å². The lowest BCUT2D eigenvalue weighted by atomic mass is 10.2. The summed E-state index contributed by atoms with van der Waals surface area (Å²) in [6.07, 6.45) is -0.416. The quantitative estimate of drug-likeness (QED) is 0.349. The highest BCUT2D eigenvalue weighted by Crippen LogP contribution is 2.20. The molecule has 9 nitrogen and oxygen atoms in total. The third kappa shape index (κ3) is 7.34. The molecule has 0 aromatic heterocycles. The van der Waals surface area contributed by atoms with Crippen LogP contribution < -0.4 is 10.6 Å². The molecule has 2 rings (SSSR count). The van der Waals surface area contributed by atoms with E-state index in [4.69, 9.17) is 4.74 Å². The van der Waals surface area contributed by atoms with E-state index in [-0.39, 0.29) is 24.2 Å². The fourth-order valence-electron chi connectivity index (χ4n) is 2.27. The summed E-state index contributed by atoms with van der Waals surface area (Å²) in [5.74, 6) is -1.71. The van der Waals surface area contributed by atoms with Crippen molar-refractivity contribution in [3.05, 3.63) is 62.6 Å². The minimum atomic E-state index is -0.707. The zero-order valence-electron chi connectivity index (χ0n) is 15.4. The van der Waals surface area contributed by atoms with Crippen molar-refractivity contribution in [2.24, 2.45) is 0 Å². The van der Waals surface area contributed by atoms with Gasteiger partial charge in [-0.2, -0.15) is 0 Å². The molecule has 0 heterocycles. The molecule has 0 radical (unpaired) electrons. The molecule has 0 aliphatic carbocycles. The lowest BCUT2D eigenvalue weighted by molar-refractivity contribution is -0.384. The SMILES string of the molecule is Cc1cc(NC(=O)COC(=O)CCC(=O)Nc2cccc([N+](=O)[O-])c2)ccc1Br. The lowest BCUT2D eigenvalue weighted by Crippen LogP contribution is -2.21. The number of nitrogens with one attached hydrogen (secondary N) is 2. The molecule has 2 N–H and O–H groups in total. The van der Waals surface area contributed by atoms with Crippen LogP contribution in [0.25, 0.3) is 0 Å². The minimum Gasteiger partial charge on any atom is -0.456 e. The first-order valence-electron chi connectivity index (χ1n) is 8.50. The molecular weight excluding hydrogens is 446 g/mol. The van der Waals surface area contributed by atoms with Crippen LogP contribution in [0.4, 0.5) is 17.1 Å². The van der Waals surface area contributed by atoms with E-state index in [1.54, 1.807) is 18.2 Å². The number of carbonyl (C=O) groups is 3. The van der Waals surface area contributed by atoms with E-state index in [0.717, 1.165) is 10.0 Å². The zero-order chi connectivity index (χ0) is 21.4. The monoisotopic (exact) mass is 463 g/mol. The Hall–Kier alpha value is -3.27. The molecule has 2 aromatic carbocycles. The molecule has 2 aromatic rings. The first-order chi connectivity index (χ1) is 13.7. The Bertz CT molecular complexity index is 947. The third-order valence-electron chi connectivity index (χ3n) is 3.70. The zero-order valence-corrected chi connectivity index (χ0v) is 17.0. The number of aryl methyl sites for hydroxylation is 1. The molecule has 29 heavy (non-hydrogen) atoms. The Labute approximate surface area is 174 Å². The molecule has 0 bridgehead atoms. The van der Waals surface area contributed by atoms with Gasteiger partial charge in [-0.25, -0.2) is 0 Å². The van der Waals surface area contributed by atoms with E-state index in [1.807, 2.05) is 6.92 Å². The maximum Gasteiger partial charge on any atom is 0.306 e. The van der Waals surface area contributed by atoms with E-state index in [0.29, 0.717) is 5.69 Å². The van der Waals surface area contributed by atoms with Crippen molar-refractivity contribution >= 4 is 50.8 Å². The number of rotatable bonds is 8.